The predicted molar refractivity (Wildman–Crippen MR) is 74.9 cm³/mol. The minimum Gasteiger partial charge on any atom is -0.384 e. The van der Waals surface area contributed by atoms with E-state index in [1.54, 1.807) is 25.3 Å². The molecule has 0 saturated carbocycles. The molecule has 1 atom stereocenters. The first-order valence-corrected chi connectivity index (χ1v) is 6.89. The Hall–Kier alpha value is -1.46. The Kier molecular flexibility index (Phi) is 5.09. The molecule has 4 nitrogen and oxygen atoms in total. The van der Waals surface area contributed by atoms with E-state index >= 15 is 0 Å². The number of carbonyl (C=O) groups is 1. The first kappa shape index (κ1) is 14.9. The van der Waals surface area contributed by atoms with E-state index in [0.717, 1.165) is 13.0 Å². The highest BCUT2D eigenvalue weighted by Gasteiger charge is 2.41. The van der Waals surface area contributed by atoms with Crippen molar-refractivity contribution in [1.29, 1.82) is 0 Å². The van der Waals surface area contributed by atoms with E-state index in [-0.39, 0.29) is 11.7 Å². The molecule has 0 bridgehead atoms. The van der Waals surface area contributed by atoms with Crippen molar-refractivity contribution in [3.63, 3.8) is 0 Å². The maximum absolute atomic E-state index is 13.5. The summed E-state index contributed by atoms with van der Waals surface area (Å²) in [4.78, 5) is 12.3. The summed E-state index contributed by atoms with van der Waals surface area (Å²) >= 11 is 0. The Labute approximate surface area is 118 Å². The SMILES string of the molecule is COCC1(C(=O)NCCc2ccccc2F)CCNC1. The van der Waals surface area contributed by atoms with Gasteiger partial charge in [0.25, 0.3) is 0 Å². The smallest absolute Gasteiger partial charge is 0.229 e. The van der Waals surface area contributed by atoms with Gasteiger partial charge in [0.15, 0.2) is 0 Å². The molecule has 1 aliphatic rings. The lowest BCUT2D eigenvalue weighted by molar-refractivity contribution is -0.132. The van der Waals surface area contributed by atoms with Crippen LogP contribution in [0.25, 0.3) is 0 Å². The number of ether oxygens (including phenoxy) is 1. The van der Waals surface area contributed by atoms with Crippen molar-refractivity contribution < 1.29 is 13.9 Å². The molecule has 1 amide bonds. The zero-order valence-electron chi connectivity index (χ0n) is 11.7. The summed E-state index contributed by atoms with van der Waals surface area (Å²) < 4.78 is 18.6. The van der Waals surface area contributed by atoms with Crippen LogP contribution < -0.4 is 10.6 Å². The molecule has 1 aromatic carbocycles. The lowest BCUT2D eigenvalue weighted by atomic mass is 9.87. The highest BCUT2D eigenvalue weighted by atomic mass is 19.1. The quantitative estimate of drug-likeness (QED) is 0.821. The van der Waals surface area contributed by atoms with Crippen LogP contribution in [0.5, 0.6) is 0 Å². The Morgan fingerprint density at radius 3 is 2.95 bits per heavy atom. The van der Waals surface area contributed by atoms with Crippen molar-refractivity contribution in [2.45, 2.75) is 12.8 Å². The highest BCUT2D eigenvalue weighted by Crippen LogP contribution is 2.26. The molecular formula is C15H21FN2O2. The molecule has 0 spiro atoms. The predicted octanol–water partition coefficient (Wildman–Crippen LogP) is 1.11. The van der Waals surface area contributed by atoms with E-state index in [1.807, 2.05) is 0 Å². The molecule has 0 aliphatic carbocycles. The van der Waals surface area contributed by atoms with Gasteiger partial charge in [-0.2, -0.15) is 0 Å². The van der Waals surface area contributed by atoms with Crippen LogP contribution in [0.4, 0.5) is 4.39 Å². The van der Waals surface area contributed by atoms with Crippen LogP contribution in [0.3, 0.4) is 0 Å². The van der Waals surface area contributed by atoms with Gasteiger partial charge in [-0.1, -0.05) is 18.2 Å². The van der Waals surface area contributed by atoms with Crippen LogP contribution >= 0.6 is 0 Å². The van der Waals surface area contributed by atoms with E-state index < -0.39 is 5.41 Å². The normalized spacial score (nSPS) is 21.9. The lowest BCUT2D eigenvalue weighted by Crippen LogP contribution is -2.46. The Morgan fingerprint density at radius 2 is 2.30 bits per heavy atom. The average Bonchev–Trinajstić information content (AvgIpc) is 2.91. The van der Waals surface area contributed by atoms with E-state index in [4.69, 9.17) is 4.74 Å². The van der Waals surface area contributed by atoms with E-state index in [0.29, 0.717) is 31.7 Å². The van der Waals surface area contributed by atoms with Crippen LogP contribution in [-0.4, -0.2) is 39.3 Å². The number of amides is 1. The van der Waals surface area contributed by atoms with Crippen molar-refractivity contribution >= 4 is 5.91 Å². The number of benzene rings is 1. The van der Waals surface area contributed by atoms with Crippen molar-refractivity contribution in [3.8, 4) is 0 Å². The molecule has 20 heavy (non-hydrogen) atoms. The number of nitrogens with one attached hydrogen (secondary N) is 2. The Morgan fingerprint density at radius 1 is 1.50 bits per heavy atom. The molecule has 1 fully saturated rings. The largest absolute Gasteiger partial charge is 0.384 e. The van der Waals surface area contributed by atoms with Gasteiger partial charge in [0.2, 0.25) is 5.91 Å². The molecule has 0 aromatic heterocycles. The van der Waals surface area contributed by atoms with E-state index in [9.17, 15) is 9.18 Å². The maximum atomic E-state index is 13.5. The first-order chi connectivity index (χ1) is 9.68. The number of carbonyl (C=O) groups excluding carboxylic acids is 1. The maximum Gasteiger partial charge on any atom is 0.229 e. The molecule has 2 N–H and O–H groups in total. The van der Waals surface area contributed by atoms with Crippen molar-refractivity contribution in [2.75, 3.05) is 33.4 Å². The molecule has 1 saturated heterocycles. The zero-order chi connectivity index (χ0) is 14.4. The monoisotopic (exact) mass is 280 g/mol. The van der Waals surface area contributed by atoms with Crippen LogP contribution in [0, 0.1) is 11.2 Å². The minimum absolute atomic E-state index is 0.0133. The van der Waals surface area contributed by atoms with Gasteiger partial charge < -0.3 is 15.4 Å². The molecule has 1 heterocycles. The van der Waals surface area contributed by atoms with E-state index in [1.165, 1.54) is 6.07 Å². The van der Waals surface area contributed by atoms with Crippen molar-refractivity contribution in [1.82, 2.24) is 10.6 Å². The first-order valence-electron chi connectivity index (χ1n) is 6.89. The second kappa shape index (κ2) is 6.81. The number of methoxy groups -OCH3 is 1. The standard InChI is InChI=1S/C15H21FN2O2/c1-20-11-15(7-9-17-10-15)14(19)18-8-6-12-4-2-3-5-13(12)16/h2-5,17H,6-11H2,1H3,(H,18,19). The molecule has 0 radical (unpaired) electrons. The highest BCUT2D eigenvalue weighted by molar-refractivity contribution is 5.83. The molecule has 1 unspecified atom stereocenters. The van der Waals surface area contributed by atoms with Crippen LogP contribution in [0.2, 0.25) is 0 Å². The number of halogens is 1. The number of hydrogen-bond acceptors (Lipinski definition) is 3. The third-order valence-corrected chi connectivity index (χ3v) is 3.78. The van der Waals surface area contributed by atoms with Gasteiger partial charge in [-0.3, -0.25) is 4.79 Å². The van der Waals surface area contributed by atoms with E-state index in [2.05, 4.69) is 10.6 Å². The average molecular weight is 280 g/mol. The lowest BCUT2D eigenvalue weighted by Gasteiger charge is -2.25. The van der Waals surface area contributed by atoms with Gasteiger partial charge in [0.05, 0.1) is 12.0 Å². The van der Waals surface area contributed by atoms with Gasteiger partial charge in [0, 0.05) is 20.2 Å². The molecule has 1 aliphatic heterocycles. The third kappa shape index (κ3) is 3.35. The summed E-state index contributed by atoms with van der Waals surface area (Å²) in [5.74, 6) is -0.239. The molecular weight excluding hydrogens is 259 g/mol. The van der Waals surface area contributed by atoms with Gasteiger partial charge >= 0.3 is 0 Å². The van der Waals surface area contributed by atoms with Crippen LogP contribution in [0.1, 0.15) is 12.0 Å². The topological polar surface area (TPSA) is 50.4 Å². The summed E-state index contributed by atoms with van der Waals surface area (Å²) in [6.45, 7) is 2.30. The summed E-state index contributed by atoms with van der Waals surface area (Å²) in [6, 6.07) is 6.64. The van der Waals surface area contributed by atoms with Gasteiger partial charge in [-0.05, 0) is 31.0 Å². The Balaban J connectivity index is 1.87. The van der Waals surface area contributed by atoms with Crippen LogP contribution in [0.15, 0.2) is 24.3 Å². The second-order valence-corrected chi connectivity index (χ2v) is 5.24. The summed E-state index contributed by atoms with van der Waals surface area (Å²) in [7, 11) is 1.60. The molecule has 2 rings (SSSR count). The fourth-order valence-corrected chi connectivity index (χ4v) is 2.60. The summed E-state index contributed by atoms with van der Waals surface area (Å²) in [5, 5.41) is 6.10. The number of hydrogen-bond donors (Lipinski definition) is 2. The summed E-state index contributed by atoms with van der Waals surface area (Å²) in [5.41, 5.74) is 0.141. The van der Waals surface area contributed by atoms with Gasteiger partial charge in [0.1, 0.15) is 5.82 Å². The molecule has 1 aromatic rings. The van der Waals surface area contributed by atoms with Gasteiger partial charge in [-0.15, -0.1) is 0 Å². The zero-order valence-corrected chi connectivity index (χ0v) is 11.7. The Bertz CT molecular complexity index is 459. The molecule has 5 heteroatoms. The third-order valence-electron chi connectivity index (χ3n) is 3.78. The fraction of sp³-hybridized carbons (Fsp3) is 0.533. The minimum atomic E-state index is -0.482. The fourth-order valence-electron chi connectivity index (χ4n) is 2.60. The summed E-state index contributed by atoms with van der Waals surface area (Å²) in [6.07, 6.45) is 1.27. The molecule has 110 valence electrons. The second-order valence-electron chi connectivity index (χ2n) is 5.24. The van der Waals surface area contributed by atoms with Gasteiger partial charge in [-0.25, -0.2) is 4.39 Å². The number of rotatable bonds is 6. The van der Waals surface area contributed by atoms with Crippen molar-refractivity contribution in [2.24, 2.45) is 5.41 Å². The van der Waals surface area contributed by atoms with Crippen LogP contribution in [-0.2, 0) is 16.0 Å². The van der Waals surface area contributed by atoms with Crippen molar-refractivity contribution in [3.05, 3.63) is 35.6 Å².